The molecule has 0 aromatic heterocycles. The predicted octanol–water partition coefficient (Wildman–Crippen LogP) is 3.51. The summed E-state index contributed by atoms with van der Waals surface area (Å²) in [5.41, 5.74) is 2.50. The molecule has 0 nitrogen and oxygen atoms in total. The average molecular weight is 169 g/mol. The molecule has 1 aliphatic heterocycles. The molecule has 0 aromatic rings. The lowest BCUT2D eigenvalue weighted by molar-refractivity contribution is 1.84. The third-order valence-electron chi connectivity index (χ3n) is 1.45. The molecule has 2 rings (SSSR count). The molecule has 1 heterocycles. The highest BCUT2D eigenvalue weighted by Gasteiger charge is 2.00. The minimum atomic E-state index is 0.846. The SMILES string of the molecule is Clc1cc2cccc-2cs1. The molecule has 0 saturated carbocycles. The van der Waals surface area contributed by atoms with Crippen molar-refractivity contribution in [3.8, 4) is 11.1 Å². The van der Waals surface area contributed by atoms with Gasteiger partial charge in [-0.2, -0.15) is 0 Å². The number of halogens is 1. The van der Waals surface area contributed by atoms with Crippen molar-refractivity contribution in [1.82, 2.24) is 0 Å². The quantitative estimate of drug-likeness (QED) is 0.565. The van der Waals surface area contributed by atoms with Crippen LogP contribution in [0.3, 0.4) is 0 Å². The summed E-state index contributed by atoms with van der Waals surface area (Å²) in [6, 6.07) is 8.17. The Morgan fingerprint density at radius 3 is 2.90 bits per heavy atom. The maximum atomic E-state index is 5.79. The fourth-order valence-electron chi connectivity index (χ4n) is 0.963. The van der Waals surface area contributed by atoms with Crippen molar-refractivity contribution >= 4 is 22.9 Å². The Kier molecular flexibility index (Phi) is 1.40. The fraction of sp³-hybridized carbons (Fsp3) is 0. The van der Waals surface area contributed by atoms with Gasteiger partial charge in [0.05, 0.1) is 4.34 Å². The van der Waals surface area contributed by atoms with Crippen LogP contribution in [-0.2, 0) is 0 Å². The molecule has 1 aliphatic carbocycles. The number of rotatable bonds is 0. The number of hydrogen-bond acceptors (Lipinski definition) is 1. The molecule has 0 bridgehead atoms. The molecule has 0 fully saturated rings. The Balaban J connectivity index is 2.75. The Bertz CT molecular complexity index is 313. The van der Waals surface area contributed by atoms with Gasteiger partial charge in [-0.25, -0.2) is 0 Å². The summed E-state index contributed by atoms with van der Waals surface area (Å²) in [6.07, 6.45) is 0. The fourth-order valence-corrected chi connectivity index (χ4v) is 1.86. The van der Waals surface area contributed by atoms with E-state index in [1.807, 2.05) is 12.1 Å². The van der Waals surface area contributed by atoms with Gasteiger partial charge in [0.2, 0.25) is 0 Å². The lowest BCUT2D eigenvalue weighted by atomic mass is 10.2. The first kappa shape index (κ1) is 6.20. The molecule has 0 N–H and O–H groups in total. The smallest absolute Gasteiger partial charge is 0.0934 e. The van der Waals surface area contributed by atoms with E-state index >= 15 is 0 Å². The minimum Gasteiger partial charge on any atom is -0.131 e. The Morgan fingerprint density at radius 2 is 2.00 bits per heavy atom. The normalized spacial score (nSPS) is 10.5. The first-order chi connectivity index (χ1) is 4.86. The van der Waals surface area contributed by atoms with Gasteiger partial charge in [-0.3, -0.25) is 0 Å². The van der Waals surface area contributed by atoms with Crippen molar-refractivity contribution in [1.29, 1.82) is 0 Å². The van der Waals surface area contributed by atoms with Crippen molar-refractivity contribution in [2.45, 2.75) is 0 Å². The molecule has 0 amide bonds. The van der Waals surface area contributed by atoms with Crippen molar-refractivity contribution < 1.29 is 0 Å². The zero-order valence-electron chi connectivity index (χ0n) is 5.17. The standard InChI is InChI=1S/C8H5ClS/c9-8-4-6-2-1-3-7(6)5-10-8/h1-5H. The van der Waals surface area contributed by atoms with E-state index in [-0.39, 0.29) is 0 Å². The summed E-state index contributed by atoms with van der Waals surface area (Å²) in [7, 11) is 0. The van der Waals surface area contributed by atoms with Gasteiger partial charge in [0.1, 0.15) is 0 Å². The lowest BCUT2D eigenvalue weighted by Crippen LogP contribution is -1.67. The molecule has 0 spiro atoms. The molecule has 0 aromatic carbocycles. The van der Waals surface area contributed by atoms with E-state index < -0.39 is 0 Å². The van der Waals surface area contributed by atoms with Crippen molar-refractivity contribution in [2.24, 2.45) is 0 Å². The van der Waals surface area contributed by atoms with Gasteiger partial charge < -0.3 is 0 Å². The topological polar surface area (TPSA) is 0 Å². The van der Waals surface area contributed by atoms with Crippen molar-refractivity contribution in [2.75, 3.05) is 0 Å². The Hall–Kier alpha value is -0.530. The highest BCUT2D eigenvalue weighted by Crippen LogP contribution is 2.29. The highest BCUT2D eigenvalue weighted by atomic mass is 35.5. The van der Waals surface area contributed by atoms with Gasteiger partial charge in [0.15, 0.2) is 0 Å². The summed E-state index contributed by atoms with van der Waals surface area (Å²) >= 11 is 7.36. The van der Waals surface area contributed by atoms with E-state index in [0.717, 1.165) is 4.34 Å². The molecule has 0 unspecified atom stereocenters. The van der Waals surface area contributed by atoms with E-state index in [9.17, 15) is 0 Å². The van der Waals surface area contributed by atoms with Crippen LogP contribution in [0, 0.1) is 0 Å². The van der Waals surface area contributed by atoms with Crippen LogP contribution in [0.4, 0.5) is 0 Å². The second-order valence-corrected chi connectivity index (χ2v) is 3.66. The predicted molar refractivity (Wildman–Crippen MR) is 46.0 cm³/mol. The monoisotopic (exact) mass is 168 g/mol. The van der Waals surface area contributed by atoms with Crippen LogP contribution in [0.1, 0.15) is 0 Å². The maximum absolute atomic E-state index is 5.79. The summed E-state index contributed by atoms with van der Waals surface area (Å²) in [5.74, 6) is 0. The average Bonchev–Trinajstić information content (AvgIpc) is 2.33. The highest BCUT2D eigenvalue weighted by molar-refractivity contribution is 7.14. The summed E-state index contributed by atoms with van der Waals surface area (Å²) in [4.78, 5) is 0. The molecular formula is C8H5ClS. The van der Waals surface area contributed by atoms with E-state index in [1.54, 1.807) is 11.3 Å². The third-order valence-corrected chi connectivity index (χ3v) is 2.54. The molecule has 2 aliphatic rings. The van der Waals surface area contributed by atoms with Crippen molar-refractivity contribution in [3.05, 3.63) is 34.0 Å². The van der Waals surface area contributed by atoms with Gasteiger partial charge in [-0.05, 0) is 17.2 Å². The van der Waals surface area contributed by atoms with Crippen LogP contribution in [0.2, 0.25) is 4.34 Å². The largest absolute Gasteiger partial charge is 0.131 e. The van der Waals surface area contributed by atoms with E-state index in [4.69, 9.17) is 11.6 Å². The zero-order valence-corrected chi connectivity index (χ0v) is 6.75. The number of hydrogen-bond donors (Lipinski definition) is 0. The van der Waals surface area contributed by atoms with Gasteiger partial charge in [-0.1, -0.05) is 29.8 Å². The molecule has 0 saturated heterocycles. The second kappa shape index (κ2) is 2.26. The first-order valence-electron chi connectivity index (χ1n) is 2.99. The van der Waals surface area contributed by atoms with Gasteiger partial charge in [0.25, 0.3) is 0 Å². The van der Waals surface area contributed by atoms with Gasteiger partial charge >= 0.3 is 0 Å². The molecule has 0 radical (unpaired) electrons. The van der Waals surface area contributed by atoms with Gasteiger partial charge in [0, 0.05) is 5.38 Å². The number of fused-ring (bicyclic) bond motifs is 1. The Labute approximate surface area is 68.4 Å². The first-order valence-corrected chi connectivity index (χ1v) is 4.25. The lowest BCUT2D eigenvalue weighted by Gasteiger charge is -1.95. The van der Waals surface area contributed by atoms with E-state index in [1.165, 1.54) is 11.1 Å². The van der Waals surface area contributed by atoms with Crippen LogP contribution in [0.25, 0.3) is 11.1 Å². The zero-order chi connectivity index (χ0) is 6.97. The summed E-state index contributed by atoms with van der Waals surface area (Å²) < 4.78 is 0.846. The van der Waals surface area contributed by atoms with Crippen molar-refractivity contribution in [3.63, 3.8) is 0 Å². The summed E-state index contributed by atoms with van der Waals surface area (Å²) in [5, 5.41) is 2.07. The summed E-state index contributed by atoms with van der Waals surface area (Å²) in [6.45, 7) is 0. The van der Waals surface area contributed by atoms with Crippen LogP contribution in [0.15, 0.2) is 29.6 Å². The Morgan fingerprint density at radius 1 is 1.20 bits per heavy atom. The van der Waals surface area contributed by atoms with Crippen LogP contribution < -0.4 is 0 Å². The van der Waals surface area contributed by atoms with Gasteiger partial charge in [-0.15, -0.1) is 11.3 Å². The molecule has 50 valence electrons. The second-order valence-electron chi connectivity index (χ2n) is 2.12. The van der Waals surface area contributed by atoms with E-state index in [0.29, 0.717) is 0 Å². The molecular weight excluding hydrogens is 164 g/mol. The molecule has 2 heteroatoms. The maximum Gasteiger partial charge on any atom is 0.0934 e. The van der Waals surface area contributed by atoms with Crippen LogP contribution in [-0.4, -0.2) is 0 Å². The molecule has 10 heavy (non-hydrogen) atoms. The minimum absolute atomic E-state index is 0.846. The molecule has 0 atom stereocenters. The van der Waals surface area contributed by atoms with Crippen LogP contribution >= 0.6 is 22.9 Å². The third kappa shape index (κ3) is 0.917. The van der Waals surface area contributed by atoms with Crippen LogP contribution in [0.5, 0.6) is 0 Å². The van der Waals surface area contributed by atoms with E-state index in [2.05, 4.69) is 17.5 Å².